The molecular formula is C15H19N3O3. The average molecular weight is 289 g/mol. The molecule has 3 N–H and O–H groups in total. The first-order chi connectivity index (χ1) is 10.2. The van der Waals surface area contributed by atoms with E-state index in [1.54, 1.807) is 31.5 Å². The number of ether oxygens (including phenoxy) is 1. The molecule has 6 heteroatoms. The summed E-state index contributed by atoms with van der Waals surface area (Å²) in [6.45, 7) is 1.99. The minimum atomic E-state index is -0.505. The van der Waals surface area contributed by atoms with Crippen molar-refractivity contribution in [3.63, 3.8) is 0 Å². The number of aromatic nitrogens is 1. The molecule has 1 atom stereocenters. The molecule has 0 aliphatic heterocycles. The number of oxazole rings is 1. The largest absolute Gasteiger partial charge is 0.496 e. The highest BCUT2D eigenvalue weighted by Gasteiger charge is 2.14. The van der Waals surface area contributed by atoms with Crippen molar-refractivity contribution in [2.75, 3.05) is 12.4 Å². The Morgan fingerprint density at radius 1 is 1.52 bits per heavy atom. The van der Waals surface area contributed by atoms with Crippen molar-refractivity contribution in [3.8, 4) is 17.1 Å². The molecule has 1 unspecified atom stereocenters. The van der Waals surface area contributed by atoms with Crippen molar-refractivity contribution in [2.24, 2.45) is 5.73 Å². The molecule has 0 aliphatic rings. The minimum absolute atomic E-state index is 0.202. The molecule has 0 bridgehead atoms. The number of anilines is 1. The van der Waals surface area contributed by atoms with Crippen molar-refractivity contribution < 1.29 is 13.9 Å². The van der Waals surface area contributed by atoms with Gasteiger partial charge in [0.1, 0.15) is 5.75 Å². The molecule has 0 spiro atoms. The molecule has 112 valence electrons. The lowest BCUT2D eigenvalue weighted by Crippen LogP contribution is -2.35. The summed E-state index contributed by atoms with van der Waals surface area (Å²) in [4.78, 5) is 15.8. The zero-order valence-corrected chi connectivity index (χ0v) is 12.1. The standard InChI is InChI=1S/C15H19N3O3/c1-3-4-12(16)15(19)18-10-5-6-11(13(7-10)20-2)14-8-17-9-21-14/h5-9,12H,3-4,16H2,1-2H3,(H,18,19). The number of carbonyl (C=O) groups excluding carboxylic acids is 1. The molecule has 1 heterocycles. The molecule has 1 aromatic carbocycles. The van der Waals surface area contributed by atoms with Crippen LogP contribution in [0.25, 0.3) is 11.3 Å². The normalized spacial score (nSPS) is 12.0. The zero-order valence-electron chi connectivity index (χ0n) is 12.1. The number of methoxy groups -OCH3 is 1. The molecule has 0 fully saturated rings. The van der Waals surface area contributed by atoms with Gasteiger partial charge >= 0.3 is 0 Å². The van der Waals surface area contributed by atoms with Crippen LogP contribution in [0.3, 0.4) is 0 Å². The molecule has 1 amide bonds. The summed E-state index contributed by atoms with van der Waals surface area (Å²) in [7, 11) is 1.56. The molecule has 1 aromatic heterocycles. The predicted octanol–water partition coefficient (Wildman–Crippen LogP) is 2.42. The summed E-state index contributed by atoms with van der Waals surface area (Å²) in [5.41, 5.74) is 7.19. The fourth-order valence-corrected chi connectivity index (χ4v) is 2.00. The van der Waals surface area contributed by atoms with Crippen molar-refractivity contribution in [1.82, 2.24) is 4.98 Å². The Labute approximate surface area is 123 Å². The smallest absolute Gasteiger partial charge is 0.241 e. The van der Waals surface area contributed by atoms with E-state index in [4.69, 9.17) is 14.9 Å². The Bertz CT molecular complexity index is 596. The Morgan fingerprint density at radius 2 is 2.33 bits per heavy atom. The predicted molar refractivity (Wildman–Crippen MR) is 80.0 cm³/mol. The second-order valence-electron chi connectivity index (χ2n) is 4.67. The highest BCUT2D eigenvalue weighted by molar-refractivity contribution is 5.95. The molecule has 0 radical (unpaired) electrons. The van der Waals surface area contributed by atoms with Gasteiger partial charge in [0.05, 0.1) is 24.9 Å². The van der Waals surface area contributed by atoms with Gasteiger partial charge in [-0.15, -0.1) is 0 Å². The van der Waals surface area contributed by atoms with E-state index in [0.29, 0.717) is 23.6 Å². The van der Waals surface area contributed by atoms with E-state index in [-0.39, 0.29) is 5.91 Å². The fraction of sp³-hybridized carbons (Fsp3) is 0.333. The Balaban J connectivity index is 2.18. The van der Waals surface area contributed by atoms with Crippen LogP contribution in [0.1, 0.15) is 19.8 Å². The van der Waals surface area contributed by atoms with Crippen LogP contribution in [0, 0.1) is 0 Å². The van der Waals surface area contributed by atoms with Crippen LogP contribution in [-0.4, -0.2) is 24.0 Å². The second kappa shape index (κ2) is 6.90. The van der Waals surface area contributed by atoms with E-state index in [9.17, 15) is 4.79 Å². The summed E-state index contributed by atoms with van der Waals surface area (Å²) in [5.74, 6) is 0.993. The number of nitrogens with two attached hydrogens (primary N) is 1. The molecular weight excluding hydrogens is 270 g/mol. The number of nitrogens with one attached hydrogen (secondary N) is 1. The van der Waals surface area contributed by atoms with Gasteiger partial charge in [-0.25, -0.2) is 4.98 Å². The van der Waals surface area contributed by atoms with E-state index in [0.717, 1.165) is 12.0 Å². The lowest BCUT2D eigenvalue weighted by Gasteiger charge is -2.13. The van der Waals surface area contributed by atoms with E-state index in [1.807, 2.05) is 6.92 Å². The third-order valence-electron chi connectivity index (χ3n) is 3.10. The number of carbonyl (C=O) groups is 1. The average Bonchev–Trinajstić information content (AvgIpc) is 3.01. The molecule has 0 aliphatic carbocycles. The summed E-state index contributed by atoms with van der Waals surface area (Å²) >= 11 is 0. The van der Waals surface area contributed by atoms with Gasteiger partial charge in [-0.1, -0.05) is 13.3 Å². The van der Waals surface area contributed by atoms with Crippen LogP contribution in [0.4, 0.5) is 5.69 Å². The highest BCUT2D eigenvalue weighted by Crippen LogP contribution is 2.32. The number of benzene rings is 1. The lowest BCUT2D eigenvalue weighted by atomic mass is 10.1. The van der Waals surface area contributed by atoms with E-state index < -0.39 is 6.04 Å². The SMILES string of the molecule is CCCC(N)C(=O)Nc1ccc(-c2cnco2)c(OC)c1. The van der Waals surface area contributed by atoms with Gasteiger partial charge in [0.25, 0.3) is 0 Å². The van der Waals surface area contributed by atoms with E-state index in [1.165, 1.54) is 6.39 Å². The quantitative estimate of drug-likeness (QED) is 0.852. The van der Waals surface area contributed by atoms with Crippen LogP contribution in [0.15, 0.2) is 35.2 Å². The zero-order chi connectivity index (χ0) is 15.2. The summed E-state index contributed by atoms with van der Waals surface area (Å²) in [6.07, 6.45) is 4.48. The topological polar surface area (TPSA) is 90.4 Å². The molecule has 2 aromatic rings. The monoisotopic (exact) mass is 289 g/mol. The first kappa shape index (κ1) is 15.1. The van der Waals surface area contributed by atoms with Crippen molar-refractivity contribution in [1.29, 1.82) is 0 Å². The van der Waals surface area contributed by atoms with Gasteiger partial charge in [-0.05, 0) is 18.6 Å². The van der Waals surface area contributed by atoms with Crippen LogP contribution in [-0.2, 0) is 4.79 Å². The van der Waals surface area contributed by atoms with Crippen molar-refractivity contribution in [2.45, 2.75) is 25.8 Å². The third kappa shape index (κ3) is 3.61. The Hall–Kier alpha value is -2.34. The van der Waals surface area contributed by atoms with E-state index in [2.05, 4.69) is 10.3 Å². The summed E-state index contributed by atoms with van der Waals surface area (Å²) < 4.78 is 10.6. The van der Waals surface area contributed by atoms with Crippen LogP contribution < -0.4 is 15.8 Å². The number of nitrogens with zero attached hydrogens (tertiary/aromatic N) is 1. The van der Waals surface area contributed by atoms with Gasteiger partial charge in [-0.2, -0.15) is 0 Å². The van der Waals surface area contributed by atoms with Gasteiger partial charge < -0.3 is 20.2 Å². The van der Waals surface area contributed by atoms with Crippen molar-refractivity contribution in [3.05, 3.63) is 30.8 Å². The number of hydrogen-bond donors (Lipinski definition) is 2. The highest BCUT2D eigenvalue weighted by atomic mass is 16.5. The maximum atomic E-state index is 11.9. The van der Waals surface area contributed by atoms with Gasteiger partial charge in [0.15, 0.2) is 12.2 Å². The van der Waals surface area contributed by atoms with Gasteiger partial charge in [0, 0.05) is 11.8 Å². The lowest BCUT2D eigenvalue weighted by molar-refractivity contribution is -0.117. The molecule has 0 saturated carbocycles. The van der Waals surface area contributed by atoms with Gasteiger partial charge in [-0.3, -0.25) is 4.79 Å². The van der Waals surface area contributed by atoms with E-state index >= 15 is 0 Å². The van der Waals surface area contributed by atoms with Crippen LogP contribution in [0.2, 0.25) is 0 Å². The Morgan fingerprint density at radius 3 is 2.95 bits per heavy atom. The summed E-state index contributed by atoms with van der Waals surface area (Å²) in [5, 5.41) is 2.78. The van der Waals surface area contributed by atoms with Crippen molar-refractivity contribution >= 4 is 11.6 Å². The summed E-state index contributed by atoms with van der Waals surface area (Å²) in [6, 6.07) is 4.81. The third-order valence-corrected chi connectivity index (χ3v) is 3.10. The Kier molecular flexibility index (Phi) is 4.94. The molecule has 21 heavy (non-hydrogen) atoms. The fourth-order valence-electron chi connectivity index (χ4n) is 2.00. The van der Waals surface area contributed by atoms with Gasteiger partial charge in [0.2, 0.25) is 5.91 Å². The first-order valence-corrected chi connectivity index (χ1v) is 6.79. The number of amides is 1. The maximum absolute atomic E-state index is 11.9. The molecule has 6 nitrogen and oxygen atoms in total. The molecule has 0 saturated heterocycles. The second-order valence-corrected chi connectivity index (χ2v) is 4.67. The van der Waals surface area contributed by atoms with Crippen LogP contribution in [0.5, 0.6) is 5.75 Å². The maximum Gasteiger partial charge on any atom is 0.241 e. The molecule has 2 rings (SSSR count). The first-order valence-electron chi connectivity index (χ1n) is 6.79. The minimum Gasteiger partial charge on any atom is -0.496 e. The van der Waals surface area contributed by atoms with Crippen LogP contribution >= 0.6 is 0 Å². The number of hydrogen-bond acceptors (Lipinski definition) is 5. The number of rotatable bonds is 6.